The number of carboxylic acids is 1. The Morgan fingerprint density at radius 3 is 2.15 bits per heavy atom. The Labute approximate surface area is 120 Å². The topological polar surface area (TPSA) is 113 Å². The van der Waals surface area contributed by atoms with Crippen LogP contribution in [0.5, 0.6) is 0 Å². The standard InChI is InChI=1S/C12H24N2O5S/c1-8(2)7-10(14-20(4,18)19)11(15)13-6-5-9(3)12(16)17/h8-10,14H,5-7H2,1-4H3,(H,13,15)(H,16,17). The third-order valence-electron chi connectivity index (χ3n) is 2.68. The van der Waals surface area contributed by atoms with Gasteiger partial charge in [-0.3, -0.25) is 9.59 Å². The summed E-state index contributed by atoms with van der Waals surface area (Å²) < 4.78 is 24.8. The smallest absolute Gasteiger partial charge is 0.306 e. The molecule has 0 aliphatic heterocycles. The monoisotopic (exact) mass is 308 g/mol. The molecule has 0 saturated carbocycles. The molecule has 118 valence electrons. The van der Waals surface area contributed by atoms with Crippen LogP contribution in [0.4, 0.5) is 0 Å². The zero-order chi connectivity index (χ0) is 15.9. The molecule has 0 saturated heterocycles. The second kappa shape index (κ2) is 8.21. The molecule has 0 bridgehead atoms. The third-order valence-corrected chi connectivity index (χ3v) is 3.39. The third kappa shape index (κ3) is 8.87. The van der Waals surface area contributed by atoms with Crippen molar-refractivity contribution >= 4 is 21.9 Å². The predicted octanol–water partition coefficient (Wildman–Crippen LogP) is 0.177. The number of carbonyl (C=O) groups excluding carboxylic acids is 1. The van der Waals surface area contributed by atoms with E-state index in [-0.39, 0.29) is 12.5 Å². The summed E-state index contributed by atoms with van der Waals surface area (Å²) in [6.07, 6.45) is 1.68. The maximum atomic E-state index is 11.9. The van der Waals surface area contributed by atoms with Crippen LogP contribution in [0.2, 0.25) is 0 Å². The van der Waals surface area contributed by atoms with Gasteiger partial charge in [0.1, 0.15) is 6.04 Å². The first kappa shape index (κ1) is 18.9. The number of rotatable bonds is 9. The first-order valence-electron chi connectivity index (χ1n) is 6.50. The van der Waals surface area contributed by atoms with Crippen molar-refractivity contribution in [2.75, 3.05) is 12.8 Å². The second-order valence-corrected chi connectivity index (χ2v) is 7.17. The highest BCUT2D eigenvalue weighted by atomic mass is 32.2. The molecule has 0 aliphatic rings. The van der Waals surface area contributed by atoms with Crippen LogP contribution in [-0.2, 0) is 19.6 Å². The van der Waals surface area contributed by atoms with Crippen LogP contribution in [0.15, 0.2) is 0 Å². The molecule has 0 heterocycles. The van der Waals surface area contributed by atoms with E-state index in [1.807, 2.05) is 13.8 Å². The van der Waals surface area contributed by atoms with Crippen molar-refractivity contribution in [1.29, 1.82) is 0 Å². The van der Waals surface area contributed by atoms with E-state index in [4.69, 9.17) is 5.11 Å². The van der Waals surface area contributed by atoms with Gasteiger partial charge in [-0.1, -0.05) is 20.8 Å². The first-order valence-corrected chi connectivity index (χ1v) is 8.40. The summed E-state index contributed by atoms with van der Waals surface area (Å²) in [5.41, 5.74) is 0. The lowest BCUT2D eigenvalue weighted by molar-refractivity contribution is -0.141. The maximum Gasteiger partial charge on any atom is 0.306 e. The molecule has 0 spiro atoms. The Hall–Kier alpha value is -1.15. The number of nitrogens with one attached hydrogen (secondary N) is 2. The van der Waals surface area contributed by atoms with E-state index in [9.17, 15) is 18.0 Å². The molecular formula is C12H24N2O5S. The molecule has 0 radical (unpaired) electrons. The van der Waals surface area contributed by atoms with Crippen LogP contribution in [0.25, 0.3) is 0 Å². The van der Waals surface area contributed by atoms with Gasteiger partial charge in [-0.2, -0.15) is 0 Å². The molecule has 2 atom stereocenters. The van der Waals surface area contributed by atoms with E-state index in [2.05, 4.69) is 10.0 Å². The van der Waals surface area contributed by atoms with Crippen molar-refractivity contribution in [3.63, 3.8) is 0 Å². The van der Waals surface area contributed by atoms with Gasteiger partial charge < -0.3 is 10.4 Å². The van der Waals surface area contributed by atoms with Crippen LogP contribution >= 0.6 is 0 Å². The van der Waals surface area contributed by atoms with Gasteiger partial charge in [0.15, 0.2) is 0 Å². The minimum absolute atomic E-state index is 0.151. The van der Waals surface area contributed by atoms with Crippen molar-refractivity contribution in [2.24, 2.45) is 11.8 Å². The quantitative estimate of drug-likeness (QED) is 0.562. The summed E-state index contributed by atoms with van der Waals surface area (Å²) in [4.78, 5) is 22.6. The second-order valence-electron chi connectivity index (χ2n) is 5.39. The Kier molecular flexibility index (Phi) is 7.74. The normalized spacial score (nSPS) is 14.8. The zero-order valence-corrected chi connectivity index (χ0v) is 13.2. The molecule has 0 fully saturated rings. The lowest BCUT2D eigenvalue weighted by atomic mass is 10.0. The summed E-state index contributed by atoms with van der Waals surface area (Å²) in [7, 11) is -3.47. The minimum Gasteiger partial charge on any atom is -0.481 e. The van der Waals surface area contributed by atoms with Crippen LogP contribution in [-0.4, -0.2) is 44.2 Å². The zero-order valence-electron chi connectivity index (χ0n) is 12.3. The van der Waals surface area contributed by atoms with E-state index < -0.39 is 33.9 Å². The molecule has 0 aliphatic carbocycles. The average molecular weight is 308 g/mol. The molecule has 8 heteroatoms. The van der Waals surface area contributed by atoms with E-state index in [1.54, 1.807) is 6.92 Å². The lowest BCUT2D eigenvalue weighted by Gasteiger charge is -2.19. The number of carboxylic acid groups (broad SMARTS) is 1. The van der Waals surface area contributed by atoms with Crippen LogP contribution in [0.3, 0.4) is 0 Å². The largest absolute Gasteiger partial charge is 0.481 e. The summed E-state index contributed by atoms with van der Waals surface area (Å²) in [6, 6.07) is -0.829. The van der Waals surface area contributed by atoms with Crippen molar-refractivity contribution in [3.05, 3.63) is 0 Å². The number of hydrogen-bond donors (Lipinski definition) is 3. The van der Waals surface area contributed by atoms with Crippen LogP contribution in [0, 0.1) is 11.8 Å². The van der Waals surface area contributed by atoms with E-state index in [0.717, 1.165) is 6.26 Å². The molecule has 7 nitrogen and oxygen atoms in total. The fourth-order valence-electron chi connectivity index (χ4n) is 1.60. The van der Waals surface area contributed by atoms with E-state index in [0.29, 0.717) is 12.8 Å². The highest BCUT2D eigenvalue weighted by Gasteiger charge is 2.23. The van der Waals surface area contributed by atoms with Crippen LogP contribution in [0.1, 0.15) is 33.6 Å². The average Bonchev–Trinajstić information content (AvgIpc) is 2.24. The van der Waals surface area contributed by atoms with Crippen molar-refractivity contribution in [2.45, 2.75) is 39.7 Å². The Balaban J connectivity index is 4.45. The summed E-state index contributed by atoms with van der Waals surface area (Å²) in [5, 5.41) is 11.3. The van der Waals surface area contributed by atoms with Gasteiger partial charge in [0.2, 0.25) is 15.9 Å². The van der Waals surface area contributed by atoms with Gasteiger partial charge in [-0.25, -0.2) is 13.1 Å². The maximum absolute atomic E-state index is 11.9. The van der Waals surface area contributed by atoms with Crippen molar-refractivity contribution in [1.82, 2.24) is 10.0 Å². The predicted molar refractivity (Wildman–Crippen MR) is 75.6 cm³/mol. The SMILES string of the molecule is CC(C)CC(NS(C)(=O)=O)C(=O)NCCC(C)C(=O)O. The fourth-order valence-corrected chi connectivity index (χ4v) is 2.32. The Morgan fingerprint density at radius 1 is 1.20 bits per heavy atom. The number of amides is 1. The Morgan fingerprint density at radius 2 is 1.75 bits per heavy atom. The summed E-state index contributed by atoms with van der Waals surface area (Å²) >= 11 is 0. The molecule has 20 heavy (non-hydrogen) atoms. The van der Waals surface area contributed by atoms with Gasteiger partial charge in [0, 0.05) is 6.54 Å². The van der Waals surface area contributed by atoms with E-state index >= 15 is 0 Å². The van der Waals surface area contributed by atoms with Gasteiger partial charge in [0.05, 0.1) is 12.2 Å². The highest BCUT2D eigenvalue weighted by Crippen LogP contribution is 2.06. The molecule has 3 N–H and O–H groups in total. The van der Waals surface area contributed by atoms with Gasteiger partial charge in [-0.15, -0.1) is 0 Å². The van der Waals surface area contributed by atoms with E-state index in [1.165, 1.54) is 0 Å². The van der Waals surface area contributed by atoms with Gasteiger partial charge in [0.25, 0.3) is 0 Å². The number of aliphatic carboxylic acids is 1. The summed E-state index contributed by atoms with van der Waals surface area (Å²) in [5.74, 6) is -1.76. The van der Waals surface area contributed by atoms with Crippen LogP contribution < -0.4 is 10.0 Å². The van der Waals surface area contributed by atoms with Gasteiger partial charge >= 0.3 is 5.97 Å². The molecular weight excluding hydrogens is 284 g/mol. The lowest BCUT2D eigenvalue weighted by Crippen LogP contribution is -2.47. The first-order chi connectivity index (χ1) is 9.03. The minimum atomic E-state index is -3.47. The molecule has 0 aromatic heterocycles. The van der Waals surface area contributed by atoms with Crippen molar-refractivity contribution < 1.29 is 23.1 Å². The summed E-state index contributed by atoms with van der Waals surface area (Å²) in [6.45, 7) is 5.52. The molecule has 0 aromatic carbocycles. The molecule has 1 amide bonds. The Bertz CT molecular complexity index is 433. The molecule has 0 rings (SSSR count). The van der Waals surface area contributed by atoms with Gasteiger partial charge in [-0.05, 0) is 18.8 Å². The number of carbonyl (C=O) groups is 2. The van der Waals surface area contributed by atoms with Crippen molar-refractivity contribution in [3.8, 4) is 0 Å². The molecule has 0 aromatic rings. The molecule has 2 unspecified atom stereocenters. The number of sulfonamides is 1. The highest BCUT2D eigenvalue weighted by molar-refractivity contribution is 7.88. The number of hydrogen-bond acceptors (Lipinski definition) is 4. The fraction of sp³-hybridized carbons (Fsp3) is 0.833.